The lowest BCUT2D eigenvalue weighted by molar-refractivity contribution is 0.101. The molecular weight excluding hydrogens is 340 g/mol. The van der Waals surface area contributed by atoms with Gasteiger partial charge in [-0.15, -0.1) is 4.40 Å². The van der Waals surface area contributed by atoms with Crippen molar-refractivity contribution < 1.29 is 17.6 Å². The summed E-state index contributed by atoms with van der Waals surface area (Å²) in [7, 11) is -3.73. The van der Waals surface area contributed by atoms with Gasteiger partial charge in [-0.05, 0) is 36.4 Å². The Bertz CT molecular complexity index is 1100. The molecule has 1 N–H and O–H groups in total. The fourth-order valence-corrected chi connectivity index (χ4v) is 3.83. The molecule has 0 saturated carbocycles. The zero-order chi connectivity index (χ0) is 17.4. The van der Waals surface area contributed by atoms with Gasteiger partial charge in [0.25, 0.3) is 10.0 Å². The SMILES string of the molecule is O=C(c1ccco1)c1ccccc1NC1=NS(=O)(=O)c2ccccc21. The number of ketones is 1. The minimum absolute atomic E-state index is 0.146. The summed E-state index contributed by atoms with van der Waals surface area (Å²) in [6, 6.07) is 16.6. The number of hydrogen-bond acceptors (Lipinski definition) is 5. The monoisotopic (exact) mass is 352 g/mol. The van der Waals surface area contributed by atoms with Gasteiger partial charge in [-0.1, -0.05) is 24.3 Å². The first-order chi connectivity index (χ1) is 12.1. The number of carbonyl (C=O) groups excluding carboxylic acids is 1. The van der Waals surface area contributed by atoms with E-state index < -0.39 is 10.0 Å². The van der Waals surface area contributed by atoms with Crippen molar-refractivity contribution >= 4 is 27.3 Å². The Hall–Kier alpha value is -3.19. The Morgan fingerprint density at radius 1 is 0.960 bits per heavy atom. The van der Waals surface area contributed by atoms with E-state index in [1.54, 1.807) is 54.6 Å². The number of nitrogens with zero attached hydrogens (tertiary/aromatic N) is 1. The van der Waals surface area contributed by atoms with Crippen LogP contribution < -0.4 is 5.32 Å². The number of fused-ring (bicyclic) bond motifs is 1. The number of carbonyl (C=O) groups is 1. The maximum absolute atomic E-state index is 12.6. The van der Waals surface area contributed by atoms with Crippen LogP contribution in [0.15, 0.2) is 80.6 Å². The highest BCUT2D eigenvalue weighted by atomic mass is 32.2. The van der Waals surface area contributed by atoms with E-state index in [0.29, 0.717) is 16.8 Å². The van der Waals surface area contributed by atoms with Crippen molar-refractivity contribution in [1.29, 1.82) is 0 Å². The molecule has 0 unspecified atom stereocenters. The van der Waals surface area contributed by atoms with Crippen LogP contribution in [-0.2, 0) is 10.0 Å². The highest BCUT2D eigenvalue weighted by molar-refractivity contribution is 7.90. The second-order valence-electron chi connectivity index (χ2n) is 5.39. The number of para-hydroxylation sites is 1. The average Bonchev–Trinajstić information content (AvgIpc) is 3.23. The molecule has 0 fully saturated rings. The van der Waals surface area contributed by atoms with Crippen molar-refractivity contribution in [2.45, 2.75) is 4.90 Å². The predicted octanol–water partition coefficient (Wildman–Crippen LogP) is 3.07. The first-order valence-electron chi connectivity index (χ1n) is 7.45. The molecule has 1 aliphatic heterocycles. The molecule has 4 rings (SSSR count). The van der Waals surface area contributed by atoms with Gasteiger partial charge in [0.1, 0.15) is 4.90 Å². The van der Waals surface area contributed by atoms with E-state index in [-0.39, 0.29) is 22.3 Å². The normalized spacial score (nSPS) is 14.6. The first-order valence-corrected chi connectivity index (χ1v) is 8.89. The summed E-state index contributed by atoms with van der Waals surface area (Å²) in [5.41, 5.74) is 1.29. The third kappa shape index (κ3) is 2.64. The number of sulfonamides is 1. The lowest BCUT2D eigenvalue weighted by Crippen LogP contribution is -2.14. The topological polar surface area (TPSA) is 88.7 Å². The maximum Gasteiger partial charge on any atom is 0.285 e. The van der Waals surface area contributed by atoms with Gasteiger partial charge in [0.05, 0.1) is 12.0 Å². The molecule has 3 aromatic rings. The van der Waals surface area contributed by atoms with Crippen LogP contribution in [0.25, 0.3) is 0 Å². The molecule has 7 heteroatoms. The molecule has 0 amide bonds. The minimum Gasteiger partial charge on any atom is -0.461 e. The standard InChI is InChI=1S/C18H12N2O4S/c21-17(15-9-5-11-24-15)12-6-1-3-8-14(12)19-18-13-7-2-4-10-16(13)25(22,23)20-18/h1-11H,(H,19,20). The second kappa shape index (κ2) is 5.71. The molecule has 124 valence electrons. The third-order valence-corrected chi connectivity index (χ3v) is 5.14. The van der Waals surface area contributed by atoms with Crippen LogP contribution in [0, 0.1) is 0 Å². The summed E-state index contributed by atoms with van der Waals surface area (Å²) in [5.74, 6) is 0.0915. The minimum atomic E-state index is -3.73. The third-order valence-electron chi connectivity index (χ3n) is 3.80. The van der Waals surface area contributed by atoms with E-state index in [4.69, 9.17) is 4.42 Å². The van der Waals surface area contributed by atoms with Crippen LogP contribution in [0.2, 0.25) is 0 Å². The van der Waals surface area contributed by atoms with Crippen molar-refractivity contribution in [2.24, 2.45) is 4.40 Å². The molecule has 1 aromatic heterocycles. The van der Waals surface area contributed by atoms with Crippen LogP contribution in [0.5, 0.6) is 0 Å². The van der Waals surface area contributed by atoms with E-state index in [0.717, 1.165) is 0 Å². The van der Waals surface area contributed by atoms with E-state index in [9.17, 15) is 13.2 Å². The van der Waals surface area contributed by atoms with Crippen molar-refractivity contribution in [3.8, 4) is 0 Å². The summed E-state index contributed by atoms with van der Waals surface area (Å²) >= 11 is 0. The van der Waals surface area contributed by atoms with Crippen LogP contribution in [0.4, 0.5) is 5.69 Å². The fourth-order valence-electron chi connectivity index (χ4n) is 2.65. The second-order valence-corrected chi connectivity index (χ2v) is 6.96. The van der Waals surface area contributed by atoms with Crippen molar-refractivity contribution in [2.75, 3.05) is 5.32 Å². The Balaban J connectivity index is 1.75. The number of benzene rings is 2. The molecule has 0 spiro atoms. The molecule has 2 heterocycles. The molecule has 1 aliphatic rings. The maximum atomic E-state index is 12.6. The zero-order valence-corrected chi connectivity index (χ0v) is 13.7. The van der Waals surface area contributed by atoms with Crippen molar-refractivity contribution in [3.05, 3.63) is 83.8 Å². The van der Waals surface area contributed by atoms with Gasteiger partial charge >= 0.3 is 0 Å². The molecule has 0 atom stereocenters. The van der Waals surface area contributed by atoms with Crippen LogP contribution >= 0.6 is 0 Å². The van der Waals surface area contributed by atoms with E-state index in [1.165, 1.54) is 12.3 Å². The van der Waals surface area contributed by atoms with Gasteiger partial charge in [-0.3, -0.25) is 4.79 Å². The number of nitrogens with one attached hydrogen (secondary N) is 1. The zero-order valence-electron chi connectivity index (χ0n) is 12.8. The van der Waals surface area contributed by atoms with Crippen molar-refractivity contribution in [3.63, 3.8) is 0 Å². The summed E-state index contributed by atoms with van der Waals surface area (Å²) in [5, 5.41) is 2.97. The van der Waals surface area contributed by atoms with Crippen LogP contribution in [0.1, 0.15) is 21.7 Å². The average molecular weight is 352 g/mol. The van der Waals surface area contributed by atoms with E-state index in [1.807, 2.05) is 0 Å². The number of amidine groups is 1. The Kier molecular flexibility index (Phi) is 3.51. The van der Waals surface area contributed by atoms with Crippen molar-refractivity contribution in [1.82, 2.24) is 0 Å². The van der Waals surface area contributed by atoms with Gasteiger partial charge in [-0.25, -0.2) is 0 Å². The van der Waals surface area contributed by atoms with Gasteiger partial charge in [0.15, 0.2) is 11.6 Å². The number of hydrogen-bond donors (Lipinski definition) is 1. The smallest absolute Gasteiger partial charge is 0.285 e. The van der Waals surface area contributed by atoms with Gasteiger partial charge < -0.3 is 9.73 Å². The molecule has 6 nitrogen and oxygen atoms in total. The van der Waals surface area contributed by atoms with E-state index >= 15 is 0 Å². The lowest BCUT2D eigenvalue weighted by Gasteiger charge is -2.10. The lowest BCUT2D eigenvalue weighted by atomic mass is 10.1. The largest absolute Gasteiger partial charge is 0.461 e. The summed E-state index contributed by atoms with van der Waals surface area (Å²) < 4.78 is 33.2. The molecule has 0 aliphatic carbocycles. The summed E-state index contributed by atoms with van der Waals surface area (Å²) in [4.78, 5) is 12.7. The molecule has 0 radical (unpaired) electrons. The molecule has 0 bridgehead atoms. The number of anilines is 1. The van der Waals surface area contributed by atoms with Crippen LogP contribution in [0.3, 0.4) is 0 Å². The highest BCUT2D eigenvalue weighted by Crippen LogP contribution is 2.28. The van der Waals surface area contributed by atoms with Gasteiger partial charge in [0, 0.05) is 11.1 Å². The first kappa shape index (κ1) is 15.3. The molecule has 0 saturated heterocycles. The number of furan rings is 1. The number of rotatable bonds is 3. The van der Waals surface area contributed by atoms with E-state index in [2.05, 4.69) is 9.71 Å². The fraction of sp³-hybridized carbons (Fsp3) is 0. The Morgan fingerprint density at radius 3 is 2.52 bits per heavy atom. The summed E-state index contributed by atoms with van der Waals surface area (Å²) in [6.07, 6.45) is 1.42. The Labute approximate surface area is 143 Å². The Morgan fingerprint density at radius 2 is 1.72 bits per heavy atom. The highest BCUT2D eigenvalue weighted by Gasteiger charge is 2.29. The van der Waals surface area contributed by atoms with Crippen LogP contribution in [-0.4, -0.2) is 20.0 Å². The summed E-state index contributed by atoms with van der Waals surface area (Å²) in [6.45, 7) is 0. The van der Waals surface area contributed by atoms with Gasteiger partial charge in [-0.2, -0.15) is 8.42 Å². The molecule has 25 heavy (non-hydrogen) atoms. The molecular formula is C18H12N2O4S. The molecule has 2 aromatic carbocycles. The quantitative estimate of drug-likeness (QED) is 0.732. The van der Waals surface area contributed by atoms with Gasteiger partial charge in [0.2, 0.25) is 5.78 Å². The predicted molar refractivity (Wildman–Crippen MR) is 92.4 cm³/mol.